The molecule has 0 radical (unpaired) electrons. The monoisotopic (exact) mass is 238 g/mol. The van der Waals surface area contributed by atoms with Crippen LogP contribution in [-0.2, 0) is 4.79 Å². The Bertz CT molecular complexity index is 337. The van der Waals surface area contributed by atoms with E-state index in [1.54, 1.807) is 4.90 Å². The van der Waals surface area contributed by atoms with E-state index < -0.39 is 5.97 Å². The summed E-state index contributed by atoms with van der Waals surface area (Å²) in [4.78, 5) is 24.4. The Morgan fingerprint density at radius 2 is 2.18 bits per heavy atom. The number of carbonyl (C=O) groups excluding carboxylic acids is 1. The first kappa shape index (κ1) is 12.0. The molecule has 1 unspecified atom stereocenters. The van der Waals surface area contributed by atoms with Gasteiger partial charge in [0.25, 0.3) is 0 Å². The van der Waals surface area contributed by atoms with Gasteiger partial charge in [-0.1, -0.05) is 12.2 Å². The quantitative estimate of drug-likeness (QED) is 0.723. The minimum absolute atomic E-state index is 0.0279. The molecule has 1 aliphatic heterocycles. The minimum atomic E-state index is -0.847. The zero-order chi connectivity index (χ0) is 12.3. The average Bonchev–Trinajstić information content (AvgIpc) is 3.12. The van der Waals surface area contributed by atoms with Gasteiger partial charge in [-0.05, 0) is 25.2 Å². The second kappa shape index (κ2) is 5.21. The van der Waals surface area contributed by atoms with Gasteiger partial charge in [-0.2, -0.15) is 0 Å². The maximum Gasteiger partial charge on any atom is 0.317 e. The Morgan fingerprint density at radius 3 is 2.71 bits per heavy atom. The molecule has 0 spiro atoms. The molecule has 5 nitrogen and oxygen atoms in total. The Balaban J connectivity index is 1.86. The number of carboxylic acid groups (broad SMARTS) is 1. The molecule has 17 heavy (non-hydrogen) atoms. The summed E-state index contributed by atoms with van der Waals surface area (Å²) in [6.07, 6.45) is 6.97. The van der Waals surface area contributed by atoms with Crippen LogP contribution in [0.5, 0.6) is 0 Å². The predicted octanol–water partition coefficient (Wildman–Crippen LogP) is 1.21. The molecule has 94 valence electrons. The molecule has 5 heteroatoms. The van der Waals surface area contributed by atoms with E-state index >= 15 is 0 Å². The Labute approximate surface area is 100 Å². The van der Waals surface area contributed by atoms with E-state index in [1.165, 1.54) is 0 Å². The third-order valence-electron chi connectivity index (χ3n) is 3.24. The van der Waals surface area contributed by atoms with E-state index in [-0.39, 0.29) is 18.5 Å². The van der Waals surface area contributed by atoms with Gasteiger partial charge in [0, 0.05) is 19.1 Å². The fourth-order valence-electron chi connectivity index (χ4n) is 2.10. The molecule has 0 aromatic rings. The fourth-order valence-corrected chi connectivity index (χ4v) is 2.10. The van der Waals surface area contributed by atoms with Crippen molar-refractivity contribution in [3.63, 3.8) is 0 Å². The molecule has 0 saturated heterocycles. The molecule has 0 bridgehead atoms. The lowest BCUT2D eigenvalue weighted by atomic mass is 10.1. The summed E-state index contributed by atoms with van der Waals surface area (Å²) in [5, 5.41) is 11.7. The topological polar surface area (TPSA) is 69.6 Å². The van der Waals surface area contributed by atoms with Crippen molar-refractivity contribution in [2.45, 2.75) is 31.7 Å². The maximum atomic E-state index is 11.9. The van der Waals surface area contributed by atoms with Crippen LogP contribution in [0.4, 0.5) is 4.79 Å². The van der Waals surface area contributed by atoms with E-state index in [1.807, 2.05) is 6.08 Å². The van der Waals surface area contributed by atoms with Crippen LogP contribution in [0, 0.1) is 5.92 Å². The highest BCUT2D eigenvalue weighted by molar-refractivity contribution is 5.76. The standard InChI is InChI=1S/C12H18N2O3/c15-11(16)8-10(9-4-5-9)13-12(17)14-6-2-1-3-7-14/h1-2,9-10H,3-8H2,(H,13,17)(H,15,16). The summed E-state index contributed by atoms with van der Waals surface area (Å²) >= 11 is 0. The van der Waals surface area contributed by atoms with Crippen LogP contribution in [0.15, 0.2) is 12.2 Å². The van der Waals surface area contributed by atoms with Gasteiger partial charge in [-0.15, -0.1) is 0 Å². The molecule has 1 fully saturated rings. The SMILES string of the molecule is O=C(O)CC(NC(=O)N1CC=CCC1)C1CC1. The number of nitrogens with one attached hydrogen (secondary N) is 1. The second-order valence-corrected chi connectivity index (χ2v) is 4.70. The van der Waals surface area contributed by atoms with E-state index in [2.05, 4.69) is 11.4 Å². The van der Waals surface area contributed by atoms with Crippen LogP contribution < -0.4 is 5.32 Å². The summed E-state index contributed by atoms with van der Waals surface area (Å²) in [7, 11) is 0. The molecule has 1 atom stereocenters. The van der Waals surface area contributed by atoms with Gasteiger partial charge in [0.1, 0.15) is 0 Å². The normalized spacial score (nSPS) is 21.1. The molecule has 0 aromatic carbocycles. The van der Waals surface area contributed by atoms with Crippen molar-refractivity contribution in [2.24, 2.45) is 5.92 Å². The van der Waals surface area contributed by atoms with Crippen molar-refractivity contribution in [1.29, 1.82) is 0 Å². The number of urea groups is 1. The highest BCUT2D eigenvalue weighted by Gasteiger charge is 2.34. The first-order valence-corrected chi connectivity index (χ1v) is 6.09. The largest absolute Gasteiger partial charge is 0.481 e. The number of carboxylic acids is 1. The number of aliphatic carboxylic acids is 1. The van der Waals surface area contributed by atoms with Gasteiger partial charge in [0.05, 0.1) is 6.42 Å². The third kappa shape index (κ3) is 3.47. The summed E-state index contributed by atoms with van der Waals surface area (Å²) in [6.45, 7) is 1.34. The van der Waals surface area contributed by atoms with Crippen LogP contribution in [0.2, 0.25) is 0 Å². The molecule has 2 amide bonds. The van der Waals surface area contributed by atoms with Crippen LogP contribution in [0.1, 0.15) is 25.7 Å². The first-order valence-electron chi connectivity index (χ1n) is 6.09. The zero-order valence-corrected chi connectivity index (χ0v) is 9.76. The smallest absolute Gasteiger partial charge is 0.317 e. The number of rotatable bonds is 4. The summed E-state index contributed by atoms with van der Waals surface area (Å²) in [5.74, 6) is -0.490. The zero-order valence-electron chi connectivity index (χ0n) is 9.76. The number of hydrogen-bond donors (Lipinski definition) is 2. The minimum Gasteiger partial charge on any atom is -0.481 e. The molecule has 1 heterocycles. The van der Waals surface area contributed by atoms with E-state index in [0.29, 0.717) is 19.0 Å². The van der Waals surface area contributed by atoms with Crippen LogP contribution in [-0.4, -0.2) is 41.1 Å². The Kier molecular flexibility index (Phi) is 3.66. The predicted molar refractivity (Wildman–Crippen MR) is 62.6 cm³/mol. The van der Waals surface area contributed by atoms with Crippen LogP contribution in [0.25, 0.3) is 0 Å². The highest BCUT2D eigenvalue weighted by Crippen LogP contribution is 2.34. The number of amides is 2. The van der Waals surface area contributed by atoms with E-state index in [0.717, 1.165) is 19.3 Å². The number of carbonyl (C=O) groups is 2. The maximum absolute atomic E-state index is 11.9. The van der Waals surface area contributed by atoms with Gasteiger partial charge in [-0.3, -0.25) is 4.79 Å². The average molecular weight is 238 g/mol. The molecule has 2 rings (SSSR count). The Morgan fingerprint density at radius 1 is 1.41 bits per heavy atom. The highest BCUT2D eigenvalue weighted by atomic mass is 16.4. The first-order chi connectivity index (χ1) is 8.16. The molecule has 2 N–H and O–H groups in total. The lowest BCUT2D eigenvalue weighted by Crippen LogP contribution is -2.47. The molecular weight excluding hydrogens is 220 g/mol. The van der Waals surface area contributed by atoms with Gasteiger partial charge < -0.3 is 15.3 Å². The van der Waals surface area contributed by atoms with E-state index in [9.17, 15) is 9.59 Å². The molecule has 1 saturated carbocycles. The Hall–Kier alpha value is -1.52. The van der Waals surface area contributed by atoms with Gasteiger partial charge in [0.15, 0.2) is 0 Å². The summed E-state index contributed by atoms with van der Waals surface area (Å²) < 4.78 is 0. The van der Waals surface area contributed by atoms with Gasteiger partial charge >= 0.3 is 12.0 Å². The van der Waals surface area contributed by atoms with Gasteiger partial charge in [-0.25, -0.2) is 4.79 Å². The van der Waals surface area contributed by atoms with Crippen LogP contribution in [0.3, 0.4) is 0 Å². The number of nitrogens with zero attached hydrogens (tertiary/aromatic N) is 1. The van der Waals surface area contributed by atoms with Crippen molar-refractivity contribution in [2.75, 3.05) is 13.1 Å². The van der Waals surface area contributed by atoms with Crippen molar-refractivity contribution in [1.82, 2.24) is 10.2 Å². The summed E-state index contributed by atoms with van der Waals surface area (Å²) in [5.41, 5.74) is 0. The summed E-state index contributed by atoms with van der Waals surface area (Å²) in [6, 6.07) is -0.335. The third-order valence-corrected chi connectivity index (χ3v) is 3.24. The lowest BCUT2D eigenvalue weighted by Gasteiger charge is -2.26. The molecule has 0 aromatic heterocycles. The molecular formula is C12H18N2O3. The molecule has 1 aliphatic carbocycles. The lowest BCUT2D eigenvalue weighted by molar-refractivity contribution is -0.137. The number of hydrogen-bond acceptors (Lipinski definition) is 2. The molecule has 2 aliphatic rings. The van der Waals surface area contributed by atoms with Gasteiger partial charge in [0.2, 0.25) is 0 Å². The van der Waals surface area contributed by atoms with Crippen molar-refractivity contribution in [3.8, 4) is 0 Å². The van der Waals surface area contributed by atoms with Crippen molar-refractivity contribution in [3.05, 3.63) is 12.2 Å². The van der Waals surface area contributed by atoms with Crippen molar-refractivity contribution < 1.29 is 14.7 Å². The van der Waals surface area contributed by atoms with E-state index in [4.69, 9.17) is 5.11 Å². The van der Waals surface area contributed by atoms with Crippen molar-refractivity contribution >= 4 is 12.0 Å². The van der Waals surface area contributed by atoms with Crippen LogP contribution >= 0.6 is 0 Å². The second-order valence-electron chi connectivity index (χ2n) is 4.70. The fraction of sp³-hybridized carbons (Fsp3) is 0.667.